The van der Waals surface area contributed by atoms with Crippen molar-refractivity contribution >= 4 is 5.97 Å². The van der Waals surface area contributed by atoms with Crippen LogP contribution in [0.4, 0.5) is 0 Å². The Balaban J connectivity index is 2.80. The minimum absolute atomic E-state index is 0.0724. The van der Waals surface area contributed by atoms with Gasteiger partial charge in [0.1, 0.15) is 11.3 Å². The smallest absolute Gasteiger partial charge is 0.339 e. The highest BCUT2D eigenvalue weighted by atomic mass is 16.4. The molecule has 0 aliphatic heterocycles. The number of aromatic carboxylic acids is 1. The number of hydrogen-bond acceptors (Lipinski definition) is 3. The lowest BCUT2D eigenvalue weighted by Gasteiger charge is -2.24. The highest BCUT2D eigenvalue weighted by Crippen LogP contribution is 2.40. The fraction of sp³-hybridized carbons (Fsp3) is 0.263. The maximum absolute atomic E-state index is 11.6. The summed E-state index contributed by atoms with van der Waals surface area (Å²) in [5.74, 6) is -1.33. The van der Waals surface area contributed by atoms with Crippen molar-refractivity contribution in [3.05, 3.63) is 52.6 Å². The Morgan fingerprint density at radius 2 is 1.74 bits per heavy atom. The molecule has 0 aliphatic carbocycles. The standard InChI is InChI=1S/C19H19NO3/c1-11-14(13-7-5-12(10-20)6-8-13)9-15(19(2,3)4)17(21)16(11)18(22)23/h5-9,21H,1-4H3,(H,22,23). The molecule has 4 heteroatoms. The molecular formula is C19H19NO3. The molecule has 0 saturated carbocycles. The first-order chi connectivity index (χ1) is 10.7. The predicted molar refractivity (Wildman–Crippen MR) is 88.7 cm³/mol. The third kappa shape index (κ3) is 3.04. The zero-order chi connectivity index (χ0) is 17.4. The number of carbonyl (C=O) groups is 1. The van der Waals surface area contributed by atoms with Gasteiger partial charge in [0, 0.05) is 5.56 Å². The first-order valence-electron chi connectivity index (χ1n) is 7.27. The lowest BCUT2D eigenvalue weighted by atomic mass is 9.81. The van der Waals surface area contributed by atoms with Gasteiger partial charge in [0.25, 0.3) is 0 Å². The fourth-order valence-electron chi connectivity index (χ4n) is 2.63. The summed E-state index contributed by atoms with van der Waals surface area (Å²) in [5, 5.41) is 28.8. The Morgan fingerprint density at radius 3 is 2.17 bits per heavy atom. The van der Waals surface area contributed by atoms with Crippen molar-refractivity contribution in [2.24, 2.45) is 0 Å². The first kappa shape index (κ1) is 16.6. The molecule has 0 unspecified atom stereocenters. The van der Waals surface area contributed by atoms with Crippen LogP contribution in [0.3, 0.4) is 0 Å². The van der Waals surface area contributed by atoms with Crippen LogP contribution in [-0.4, -0.2) is 16.2 Å². The second-order valence-electron chi connectivity index (χ2n) is 6.56. The lowest BCUT2D eigenvalue weighted by molar-refractivity contribution is 0.0692. The van der Waals surface area contributed by atoms with E-state index in [9.17, 15) is 15.0 Å². The summed E-state index contributed by atoms with van der Waals surface area (Å²) in [7, 11) is 0. The van der Waals surface area contributed by atoms with Crippen molar-refractivity contribution in [1.82, 2.24) is 0 Å². The fourth-order valence-corrected chi connectivity index (χ4v) is 2.63. The van der Waals surface area contributed by atoms with E-state index in [1.54, 1.807) is 31.2 Å². The Hall–Kier alpha value is -2.80. The van der Waals surface area contributed by atoms with E-state index in [-0.39, 0.29) is 11.3 Å². The van der Waals surface area contributed by atoms with Crippen LogP contribution < -0.4 is 0 Å². The largest absolute Gasteiger partial charge is 0.507 e. The van der Waals surface area contributed by atoms with Crippen LogP contribution in [-0.2, 0) is 5.41 Å². The van der Waals surface area contributed by atoms with Crippen LogP contribution in [0.15, 0.2) is 30.3 Å². The van der Waals surface area contributed by atoms with Crippen molar-refractivity contribution in [2.45, 2.75) is 33.1 Å². The molecule has 0 atom stereocenters. The molecule has 0 bridgehead atoms. The summed E-state index contributed by atoms with van der Waals surface area (Å²) in [5.41, 5.74) is 2.72. The maximum atomic E-state index is 11.6. The minimum Gasteiger partial charge on any atom is -0.507 e. The Labute approximate surface area is 135 Å². The first-order valence-corrected chi connectivity index (χ1v) is 7.27. The quantitative estimate of drug-likeness (QED) is 0.869. The van der Waals surface area contributed by atoms with Crippen molar-refractivity contribution in [3.8, 4) is 22.9 Å². The van der Waals surface area contributed by atoms with Gasteiger partial charge in [-0.1, -0.05) is 32.9 Å². The molecule has 4 nitrogen and oxygen atoms in total. The molecule has 0 fully saturated rings. The topological polar surface area (TPSA) is 81.3 Å². The van der Waals surface area contributed by atoms with Gasteiger partial charge in [0.15, 0.2) is 0 Å². The zero-order valence-electron chi connectivity index (χ0n) is 13.6. The molecule has 0 radical (unpaired) electrons. The van der Waals surface area contributed by atoms with Crippen molar-refractivity contribution < 1.29 is 15.0 Å². The number of aromatic hydroxyl groups is 1. The number of rotatable bonds is 2. The highest BCUT2D eigenvalue weighted by Gasteiger charge is 2.26. The molecule has 0 aliphatic rings. The molecule has 2 rings (SSSR count). The lowest BCUT2D eigenvalue weighted by Crippen LogP contribution is -2.15. The maximum Gasteiger partial charge on any atom is 0.339 e. The van der Waals surface area contributed by atoms with Crippen molar-refractivity contribution in [2.75, 3.05) is 0 Å². The number of nitriles is 1. The minimum atomic E-state index is -1.15. The molecule has 0 saturated heterocycles. The molecular weight excluding hydrogens is 290 g/mol. The Bertz CT molecular complexity index is 806. The number of hydrogen-bond donors (Lipinski definition) is 2. The van der Waals surface area contributed by atoms with Gasteiger partial charge >= 0.3 is 5.97 Å². The summed E-state index contributed by atoms with van der Waals surface area (Å²) in [6, 6.07) is 10.9. The van der Waals surface area contributed by atoms with E-state index in [0.29, 0.717) is 16.7 Å². The van der Waals surface area contributed by atoms with Crippen molar-refractivity contribution in [1.29, 1.82) is 5.26 Å². The van der Waals surface area contributed by atoms with Crippen LogP contribution >= 0.6 is 0 Å². The summed E-state index contributed by atoms with van der Waals surface area (Å²) >= 11 is 0. The van der Waals surface area contributed by atoms with E-state index >= 15 is 0 Å². The van der Waals surface area contributed by atoms with Gasteiger partial charge in [-0.3, -0.25) is 0 Å². The van der Waals surface area contributed by atoms with Gasteiger partial charge in [-0.15, -0.1) is 0 Å². The van der Waals surface area contributed by atoms with Gasteiger partial charge in [0.05, 0.1) is 11.6 Å². The normalized spacial score (nSPS) is 11.1. The van der Waals surface area contributed by atoms with Crippen LogP contribution in [0.2, 0.25) is 0 Å². The monoisotopic (exact) mass is 309 g/mol. The molecule has 118 valence electrons. The Kier molecular flexibility index (Phi) is 4.16. The molecule has 0 spiro atoms. The van der Waals surface area contributed by atoms with Gasteiger partial charge in [-0.25, -0.2) is 4.79 Å². The third-order valence-corrected chi connectivity index (χ3v) is 3.91. The second-order valence-corrected chi connectivity index (χ2v) is 6.56. The molecule has 23 heavy (non-hydrogen) atoms. The van der Waals surface area contributed by atoms with E-state index in [0.717, 1.165) is 11.1 Å². The van der Waals surface area contributed by atoms with Crippen LogP contribution in [0, 0.1) is 18.3 Å². The molecule has 0 heterocycles. The van der Waals surface area contributed by atoms with E-state index < -0.39 is 11.4 Å². The van der Waals surface area contributed by atoms with Gasteiger partial charge in [0.2, 0.25) is 0 Å². The van der Waals surface area contributed by atoms with E-state index in [1.807, 2.05) is 26.8 Å². The average Bonchev–Trinajstić information content (AvgIpc) is 2.46. The van der Waals surface area contributed by atoms with Crippen molar-refractivity contribution in [3.63, 3.8) is 0 Å². The molecule has 0 amide bonds. The summed E-state index contributed by atoms with van der Waals surface area (Å²) in [6.07, 6.45) is 0. The summed E-state index contributed by atoms with van der Waals surface area (Å²) < 4.78 is 0. The summed E-state index contributed by atoms with van der Waals surface area (Å²) in [4.78, 5) is 11.6. The number of carboxylic acid groups (broad SMARTS) is 1. The average molecular weight is 309 g/mol. The molecule has 2 N–H and O–H groups in total. The zero-order valence-corrected chi connectivity index (χ0v) is 13.6. The van der Waals surface area contributed by atoms with Crippen LogP contribution in [0.1, 0.15) is 47.8 Å². The number of benzene rings is 2. The predicted octanol–water partition coefficient (Wildman–Crippen LogP) is 4.24. The van der Waals surface area contributed by atoms with Crippen LogP contribution in [0.25, 0.3) is 11.1 Å². The number of phenols is 1. The third-order valence-electron chi connectivity index (χ3n) is 3.91. The number of nitrogens with zero attached hydrogens (tertiary/aromatic N) is 1. The second kappa shape index (κ2) is 5.77. The van der Waals surface area contributed by atoms with Gasteiger partial charge in [-0.2, -0.15) is 5.26 Å². The van der Waals surface area contributed by atoms with Crippen LogP contribution in [0.5, 0.6) is 5.75 Å². The molecule has 2 aromatic carbocycles. The van der Waals surface area contributed by atoms with Gasteiger partial charge in [-0.05, 0) is 47.2 Å². The highest BCUT2D eigenvalue weighted by molar-refractivity contribution is 5.96. The molecule has 2 aromatic rings. The molecule has 0 aromatic heterocycles. The van der Waals surface area contributed by atoms with Gasteiger partial charge < -0.3 is 10.2 Å². The SMILES string of the molecule is Cc1c(-c2ccc(C#N)cc2)cc(C(C)(C)C)c(O)c1C(=O)O. The Morgan fingerprint density at radius 1 is 1.17 bits per heavy atom. The summed E-state index contributed by atoms with van der Waals surface area (Å²) in [6.45, 7) is 7.45. The van der Waals surface area contributed by atoms with E-state index in [4.69, 9.17) is 5.26 Å². The number of carboxylic acids is 1. The van der Waals surface area contributed by atoms with E-state index in [2.05, 4.69) is 6.07 Å². The van der Waals surface area contributed by atoms with E-state index in [1.165, 1.54) is 0 Å².